The molecule has 27 heavy (non-hydrogen) atoms. The standard InChI is InChI=1S/C20H21N3O4/c1-26-17-9-7-14(13-18(17)27-2)8-10-19(24)22-15-5-3-4-6-16(15)23-20(25)11-12-21/h3-7,9,13H,8,10-11H2,1-2H3,(H,22,24)(H,23,25). The van der Waals surface area contributed by atoms with Crippen LogP contribution < -0.4 is 20.1 Å². The van der Waals surface area contributed by atoms with Crippen molar-refractivity contribution in [2.75, 3.05) is 24.9 Å². The Morgan fingerprint density at radius 1 is 0.963 bits per heavy atom. The van der Waals surface area contributed by atoms with Gasteiger partial charge in [-0.3, -0.25) is 9.59 Å². The van der Waals surface area contributed by atoms with E-state index in [0.717, 1.165) is 5.56 Å². The molecule has 140 valence electrons. The summed E-state index contributed by atoms with van der Waals surface area (Å²) in [5.41, 5.74) is 1.89. The number of hydrogen-bond donors (Lipinski definition) is 2. The summed E-state index contributed by atoms with van der Waals surface area (Å²) < 4.78 is 10.5. The number of nitriles is 1. The topological polar surface area (TPSA) is 100 Å². The highest BCUT2D eigenvalue weighted by molar-refractivity contribution is 6.00. The molecule has 0 aromatic heterocycles. The molecular weight excluding hydrogens is 346 g/mol. The zero-order valence-electron chi connectivity index (χ0n) is 15.2. The van der Waals surface area contributed by atoms with Crippen molar-refractivity contribution in [3.05, 3.63) is 48.0 Å². The molecule has 0 fully saturated rings. The van der Waals surface area contributed by atoms with E-state index >= 15 is 0 Å². The number of hydrogen-bond acceptors (Lipinski definition) is 5. The molecule has 7 nitrogen and oxygen atoms in total. The molecular formula is C20H21N3O4. The van der Waals surface area contributed by atoms with Crippen LogP contribution in [0.2, 0.25) is 0 Å². The number of para-hydroxylation sites is 2. The van der Waals surface area contributed by atoms with E-state index < -0.39 is 5.91 Å². The molecule has 2 amide bonds. The van der Waals surface area contributed by atoms with Crippen molar-refractivity contribution in [2.45, 2.75) is 19.3 Å². The lowest BCUT2D eigenvalue weighted by Crippen LogP contribution is -2.16. The molecule has 0 bridgehead atoms. The molecule has 0 aliphatic carbocycles. The molecule has 2 aromatic carbocycles. The van der Waals surface area contributed by atoms with Crippen LogP contribution in [0.5, 0.6) is 11.5 Å². The minimum absolute atomic E-state index is 0.188. The number of rotatable bonds is 8. The van der Waals surface area contributed by atoms with Crippen molar-refractivity contribution < 1.29 is 19.1 Å². The molecule has 0 saturated carbocycles. The fourth-order valence-electron chi connectivity index (χ4n) is 2.47. The van der Waals surface area contributed by atoms with Gasteiger partial charge in [0.1, 0.15) is 6.42 Å². The van der Waals surface area contributed by atoms with Gasteiger partial charge < -0.3 is 20.1 Å². The van der Waals surface area contributed by atoms with Crippen molar-refractivity contribution in [1.29, 1.82) is 5.26 Å². The van der Waals surface area contributed by atoms with E-state index in [-0.39, 0.29) is 18.7 Å². The van der Waals surface area contributed by atoms with Gasteiger partial charge in [-0.1, -0.05) is 18.2 Å². The Kier molecular flexibility index (Phi) is 7.20. The average molecular weight is 367 g/mol. The highest BCUT2D eigenvalue weighted by atomic mass is 16.5. The van der Waals surface area contributed by atoms with Crippen LogP contribution in [0.1, 0.15) is 18.4 Å². The van der Waals surface area contributed by atoms with Crippen LogP contribution in [0.15, 0.2) is 42.5 Å². The van der Waals surface area contributed by atoms with E-state index in [1.54, 1.807) is 50.6 Å². The largest absolute Gasteiger partial charge is 0.493 e. The summed E-state index contributed by atoms with van der Waals surface area (Å²) in [6.07, 6.45) is 0.534. The monoisotopic (exact) mass is 367 g/mol. The Labute approximate surface area is 157 Å². The molecule has 0 saturated heterocycles. The van der Waals surface area contributed by atoms with E-state index in [9.17, 15) is 9.59 Å². The summed E-state index contributed by atoms with van der Waals surface area (Å²) in [7, 11) is 3.13. The molecule has 0 spiro atoms. The van der Waals surface area contributed by atoms with Crippen LogP contribution in [-0.2, 0) is 16.0 Å². The first kappa shape index (κ1) is 19.8. The Bertz CT molecular complexity index is 859. The first-order valence-electron chi connectivity index (χ1n) is 8.34. The number of nitrogens with one attached hydrogen (secondary N) is 2. The summed E-state index contributed by atoms with van der Waals surface area (Å²) in [6, 6.07) is 14.1. The highest BCUT2D eigenvalue weighted by Crippen LogP contribution is 2.28. The van der Waals surface area contributed by atoms with Crippen LogP contribution in [0.25, 0.3) is 0 Å². The maximum Gasteiger partial charge on any atom is 0.238 e. The van der Waals surface area contributed by atoms with Crippen molar-refractivity contribution in [2.24, 2.45) is 0 Å². The molecule has 7 heteroatoms. The highest BCUT2D eigenvalue weighted by Gasteiger charge is 2.10. The average Bonchev–Trinajstić information content (AvgIpc) is 2.67. The van der Waals surface area contributed by atoms with E-state index in [4.69, 9.17) is 14.7 Å². The van der Waals surface area contributed by atoms with Crippen molar-refractivity contribution >= 4 is 23.2 Å². The quantitative estimate of drug-likeness (QED) is 0.746. The van der Waals surface area contributed by atoms with Crippen LogP contribution in [0.4, 0.5) is 11.4 Å². The van der Waals surface area contributed by atoms with Gasteiger partial charge in [-0.25, -0.2) is 0 Å². The number of carbonyl (C=O) groups excluding carboxylic acids is 2. The lowest BCUT2D eigenvalue weighted by molar-refractivity contribution is -0.116. The lowest BCUT2D eigenvalue weighted by atomic mass is 10.1. The number of anilines is 2. The van der Waals surface area contributed by atoms with Crippen LogP contribution in [-0.4, -0.2) is 26.0 Å². The third-order valence-electron chi connectivity index (χ3n) is 3.80. The van der Waals surface area contributed by atoms with Crippen LogP contribution in [0.3, 0.4) is 0 Å². The molecule has 2 N–H and O–H groups in total. The smallest absolute Gasteiger partial charge is 0.238 e. The van der Waals surface area contributed by atoms with E-state index in [2.05, 4.69) is 10.6 Å². The Morgan fingerprint density at radius 3 is 2.19 bits per heavy atom. The predicted molar refractivity (Wildman–Crippen MR) is 102 cm³/mol. The zero-order chi connectivity index (χ0) is 19.6. The molecule has 2 aromatic rings. The Morgan fingerprint density at radius 2 is 1.59 bits per heavy atom. The maximum atomic E-state index is 12.3. The fourth-order valence-corrected chi connectivity index (χ4v) is 2.47. The number of nitrogens with zero attached hydrogens (tertiary/aromatic N) is 1. The van der Waals surface area contributed by atoms with Crippen LogP contribution in [0, 0.1) is 11.3 Å². The summed E-state index contributed by atoms with van der Waals surface area (Å²) >= 11 is 0. The number of benzene rings is 2. The Hall–Kier alpha value is -3.53. The van der Waals surface area contributed by atoms with Gasteiger partial charge >= 0.3 is 0 Å². The number of ether oxygens (including phenoxy) is 2. The number of methoxy groups -OCH3 is 2. The first-order chi connectivity index (χ1) is 13.1. The first-order valence-corrected chi connectivity index (χ1v) is 8.34. The summed E-state index contributed by atoms with van der Waals surface area (Å²) in [4.78, 5) is 23.9. The molecule has 0 aliphatic rings. The van der Waals surface area contributed by atoms with Crippen molar-refractivity contribution in [3.8, 4) is 17.6 Å². The summed E-state index contributed by atoms with van der Waals surface area (Å²) in [6.45, 7) is 0. The lowest BCUT2D eigenvalue weighted by Gasteiger charge is -2.12. The van der Waals surface area contributed by atoms with Gasteiger partial charge in [0.15, 0.2) is 11.5 Å². The van der Waals surface area contributed by atoms with Gasteiger partial charge in [0.2, 0.25) is 11.8 Å². The second kappa shape index (κ2) is 9.82. The van der Waals surface area contributed by atoms with Gasteiger partial charge in [-0.15, -0.1) is 0 Å². The number of aryl methyl sites for hydroxylation is 1. The van der Waals surface area contributed by atoms with Gasteiger partial charge in [0.25, 0.3) is 0 Å². The van der Waals surface area contributed by atoms with Gasteiger partial charge in [0, 0.05) is 6.42 Å². The summed E-state index contributed by atoms with van der Waals surface area (Å²) in [5.74, 6) is 0.630. The third kappa shape index (κ3) is 5.75. The van der Waals surface area contributed by atoms with Gasteiger partial charge in [0.05, 0.1) is 31.7 Å². The zero-order valence-corrected chi connectivity index (χ0v) is 15.2. The van der Waals surface area contributed by atoms with Gasteiger partial charge in [-0.05, 0) is 36.2 Å². The second-order valence-corrected chi connectivity index (χ2v) is 5.67. The van der Waals surface area contributed by atoms with E-state index in [1.807, 2.05) is 12.1 Å². The molecule has 2 rings (SSSR count). The number of carbonyl (C=O) groups is 2. The van der Waals surface area contributed by atoms with E-state index in [1.165, 1.54) is 0 Å². The third-order valence-corrected chi connectivity index (χ3v) is 3.80. The Balaban J connectivity index is 1.98. The molecule has 0 aliphatic heterocycles. The molecule has 0 heterocycles. The van der Waals surface area contributed by atoms with Crippen LogP contribution >= 0.6 is 0 Å². The fraction of sp³-hybridized carbons (Fsp3) is 0.250. The van der Waals surface area contributed by atoms with Gasteiger partial charge in [-0.2, -0.15) is 5.26 Å². The predicted octanol–water partition coefficient (Wildman–Crippen LogP) is 3.13. The minimum atomic E-state index is -0.426. The van der Waals surface area contributed by atoms with Crippen molar-refractivity contribution in [1.82, 2.24) is 0 Å². The molecule has 0 radical (unpaired) electrons. The minimum Gasteiger partial charge on any atom is -0.493 e. The maximum absolute atomic E-state index is 12.3. The SMILES string of the molecule is COc1ccc(CCC(=O)Nc2ccccc2NC(=O)CC#N)cc1OC. The molecule has 0 unspecified atom stereocenters. The molecule has 0 atom stereocenters. The number of amides is 2. The van der Waals surface area contributed by atoms with E-state index in [0.29, 0.717) is 29.3 Å². The normalized spacial score (nSPS) is 9.81. The second-order valence-electron chi connectivity index (χ2n) is 5.67. The summed E-state index contributed by atoms with van der Waals surface area (Å²) in [5, 5.41) is 14.0. The van der Waals surface area contributed by atoms with Crippen molar-refractivity contribution in [3.63, 3.8) is 0 Å².